The lowest BCUT2D eigenvalue weighted by Crippen LogP contribution is -2.45. The molecule has 1 aliphatic rings. The molecule has 0 aliphatic carbocycles. The first kappa shape index (κ1) is 15.8. The molecule has 1 N–H and O–H groups in total. The number of anilines is 1. The van der Waals surface area contributed by atoms with Crippen molar-refractivity contribution in [1.82, 2.24) is 5.32 Å². The van der Waals surface area contributed by atoms with Gasteiger partial charge in [0.25, 0.3) is 0 Å². The first-order valence-electron chi connectivity index (χ1n) is 7.51. The Labute approximate surface area is 127 Å². The molecule has 1 heterocycles. The Hall–Kier alpha value is -1.62. The lowest BCUT2D eigenvalue weighted by Gasteiger charge is -2.35. The van der Waals surface area contributed by atoms with Gasteiger partial charge >= 0.3 is 0 Å². The van der Waals surface area contributed by atoms with E-state index >= 15 is 0 Å². The van der Waals surface area contributed by atoms with E-state index in [0.29, 0.717) is 23.3 Å². The standard InChI is InChI=1S/C16H26N2O3/c1-5-17-12-7-6-8-18(11-12)13-9-14(19-2)16(21-4)15(10-13)20-3/h9-10,12,17H,5-8,11H2,1-4H3. The van der Waals surface area contributed by atoms with Crippen molar-refractivity contribution in [2.24, 2.45) is 0 Å². The van der Waals surface area contributed by atoms with E-state index in [0.717, 1.165) is 25.3 Å². The molecule has 2 rings (SSSR count). The number of hydrogen-bond acceptors (Lipinski definition) is 5. The lowest BCUT2D eigenvalue weighted by molar-refractivity contribution is 0.324. The average Bonchev–Trinajstić information content (AvgIpc) is 2.54. The van der Waals surface area contributed by atoms with Crippen LogP contribution in [-0.4, -0.2) is 47.0 Å². The number of ether oxygens (including phenoxy) is 3. The highest BCUT2D eigenvalue weighted by Crippen LogP contribution is 2.41. The minimum absolute atomic E-state index is 0.544. The van der Waals surface area contributed by atoms with Gasteiger partial charge in [-0.25, -0.2) is 0 Å². The van der Waals surface area contributed by atoms with Gasteiger partial charge in [-0.15, -0.1) is 0 Å². The zero-order valence-electron chi connectivity index (χ0n) is 13.4. The third-order valence-corrected chi connectivity index (χ3v) is 3.93. The fourth-order valence-corrected chi connectivity index (χ4v) is 2.92. The number of methoxy groups -OCH3 is 3. The molecule has 0 saturated carbocycles. The summed E-state index contributed by atoms with van der Waals surface area (Å²) in [6, 6.07) is 4.59. The minimum atomic E-state index is 0.544. The van der Waals surface area contributed by atoms with Crippen molar-refractivity contribution < 1.29 is 14.2 Å². The van der Waals surface area contributed by atoms with Gasteiger partial charge in [0.1, 0.15) is 0 Å². The van der Waals surface area contributed by atoms with Crippen LogP contribution < -0.4 is 24.4 Å². The summed E-state index contributed by atoms with van der Waals surface area (Å²) in [7, 11) is 4.93. The average molecular weight is 294 g/mol. The smallest absolute Gasteiger partial charge is 0.203 e. The highest BCUT2D eigenvalue weighted by molar-refractivity contribution is 5.63. The maximum atomic E-state index is 5.44. The SMILES string of the molecule is CCNC1CCCN(c2cc(OC)c(OC)c(OC)c2)C1. The summed E-state index contributed by atoms with van der Waals surface area (Å²) in [6.07, 6.45) is 2.42. The molecule has 1 unspecified atom stereocenters. The molecule has 5 heteroatoms. The maximum absolute atomic E-state index is 5.44. The van der Waals surface area contributed by atoms with E-state index in [9.17, 15) is 0 Å². The summed E-state index contributed by atoms with van der Waals surface area (Å²) >= 11 is 0. The van der Waals surface area contributed by atoms with Crippen LogP contribution in [-0.2, 0) is 0 Å². The lowest BCUT2D eigenvalue weighted by atomic mass is 10.0. The summed E-state index contributed by atoms with van der Waals surface area (Å²) in [6.45, 7) is 5.22. The molecule has 0 radical (unpaired) electrons. The van der Waals surface area contributed by atoms with Gasteiger partial charge in [-0.2, -0.15) is 0 Å². The predicted molar refractivity (Wildman–Crippen MR) is 85.0 cm³/mol. The van der Waals surface area contributed by atoms with Crippen LogP contribution in [0.25, 0.3) is 0 Å². The van der Waals surface area contributed by atoms with E-state index in [2.05, 4.69) is 17.1 Å². The van der Waals surface area contributed by atoms with E-state index < -0.39 is 0 Å². The summed E-state index contributed by atoms with van der Waals surface area (Å²) in [5.74, 6) is 2.05. The molecule has 21 heavy (non-hydrogen) atoms. The van der Waals surface area contributed by atoms with Gasteiger partial charge in [0.05, 0.1) is 21.3 Å². The number of hydrogen-bond donors (Lipinski definition) is 1. The number of likely N-dealkylation sites (N-methyl/N-ethyl adjacent to an activating group) is 1. The van der Waals surface area contributed by atoms with Gasteiger partial charge in [-0.3, -0.25) is 0 Å². The normalized spacial score (nSPS) is 18.5. The van der Waals surface area contributed by atoms with Crippen molar-refractivity contribution >= 4 is 5.69 Å². The number of nitrogens with one attached hydrogen (secondary N) is 1. The Morgan fingerprint density at radius 3 is 2.33 bits per heavy atom. The molecule has 1 aromatic rings. The number of piperidine rings is 1. The summed E-state index contributed by atoms with van der Waals surface area (Å²) in [5.41, 5.74) is 1.12. The summed E-state index contributed by atoms with van der Waals surface area (Å²) < 4.78 is 16.3. The highest BCUT2D eigenvalue weighted by Gasteiger charge is 2.22. The van der Waals surface area contributed by atoms with Crippen LogP contribution >= 0.6 is 0 Å². The molecule has 0 spiro atoms. The van der Waals surface area contributed by atoms with E-state index in [1.54, 1.807) is 21.3 Å². The number of rotatable bonds is 6. The number of benzene rings is 1. The second-order valence-electron chi connectivity index (χ2n) is 5.23. The van der Waals surface area contributed by atoms with Gasteiger partial charge in [-0.1, -0.05) is 6.92 Å². The predicted octanol–water partition coefficient (Wildman–Crippen LogP) is 2.29. The minimum Gasteiger partial charge on any atom is -0.493 e. The molecule has 0 aromatic heterocycles. The molecule has 1 aromatic carbocycles. The third kappa shape index (κ3) is 3.53. The van der Waals surface area contributed by atoms with E-state index in [-0.39, 0.29) is 0 Å². The Bertz CT molecular complexity index is 438. The van der Waals surface area contributed by atoms with Crippen molar-refractivity contribution in [3.05, 3.63) is 12.1 Å². The molecule has 1 aliphatic heterocycles. The van der Waals surface area contributed by atoms with Crippen LogP contribution in [0.3, 0.4) is 0 Å². The van der Waals surface area contributed by atoms with Gasteiger partial charge in [0.2, 0.25) is 5.75 Å². The van der Waals surface area contributed by atoms with Gasteiger partial charge in [-0.05, 0) is 19.4 Å². The number of nitrogens with zero attached hydrogens (tertiary/aromatic N) is 1. The molecule has 0 amide bonds. The van der Waals surface area contributed by atoms with E-state index in [4.69, 9.17) is 14.2 Å². The van der Waals surface area contributed by atoms with Crippen molar-refractivity contribution in [3.63, 3.8) is 0 Å². The largest absolute Gasteiger partial charge is 0.493 e. The molecule has 0 bridgehead atoms. The van der Waals surface area contributed by atoms with Crippen LogP contribution in [0.5, 0.6) is 17.2 Å². The molecule has 1 atom stereocenters. The van der Waals surface area contributed by atoms with Gasteiger partial charge < -0.3 is 24.4 Å². The van der Waals surface area contributed by atoms with Crippen molar-refractivity contribution in [2.45, 2.75) is 25.8 Å². The molecule has 1 saturated heterocycles. The van der Waals surface area contributed by atoms with Crippen LogP contribution in [0.2, 0.25) is 0 Å². The fraction of sp³-hybridized carbons (Fsp3) is 0.625. The molecule has 118 valence electrons. The zero-order chi connectivity index (χ0) is 15.2. The Morgan fingerprint density at radius 1 is 1.14 bits per heavy atom. The zero-order valence-corrected chi connectivity index (χ0v) is 13.4. The molecule has 1 fully saturated rings. The molecular weight excluding hydrogens is 268 g/mol. The topological polar surface area (TPSA) is 43.0 Å². The Morgan fingerprint density at radius 2 is 1.81 bits per heavy atom. The molecule has 5 nitrogen and oxygen atoms in total. The first-order valence-corrected chi connectivity index (χ1v) is 7.51. The summed E-state index contributed by atoms with van der Waals surface area (Å²) in [5, 5.41) is 3.54. The van der Waals surface area contributed by atoms with Crippen LogP contribution in [0.1, 0.15) is 19.8 Å². The van der Waals surface area contributed by atoms with Crippen LogP contribution in [0.4, 0.5) is 5.69 Å². The van der Waals surface area contributed by atoms with Crippen LogP contribution in [0, 0.1) is 0 Å². The quantitative estimate of drug-likeness (QED) is 0.872. The van der Waals surface area contributed by atoms with Gasteiger partial charge in [0.15, 0.2) is 11.5 Å². The second kappa shape index (κ2) is 7.41. The fourth-order valence-electron chi connectivity index (χ4n) is 2.92. The van der Waals surface area contributed by atoms with E-state index in [1.807, 2.05) is 12.1 Å². The Kier molecular flexibility index (Phi) is 5.56. The highest BCUT2D eigenvalue weighted by atomic mass is 16.5. The van der Waals surface area contributed by atoms with Crippen molar-refractivity contribution in [1.29, 1.82) is 0 Å². The summed E-state index contributed by atoms with van der Waals surface area (Å²) in [4.78, 5) is 2.38. The first-order chi connectivity index (χ1) is 10.2. The third-order valence-electron chi connectivity index (χ3n) is 3.93. The maximum Gasteiger partial charge on any atom is 0.203 e. The molecular formula is C16H26N2O3. The second-order valence-corrected chi connectivity index (χ2v) is 5.23. The van der Waals surface area contributed by atoms with Crippen molar-refractivity contribution in [2.75, 3.05) is 45.9 Å². The van der Waals surface area contributed by atoms with Gasteiger partial charge in [0, 0.05) is 37.0 Å². The van der Waals surface area contributed by atoms with Crippen LogP contribution in [0.15, 0.2) is 12.1 Å². The Balaban J connectivity index is 2.26. The monoisotopic (exact) mass is 294 g/mol. The van der Waals surface area contributed by atoms with E-state index in [1.165, 1.54) is 12.8 Å². The van der Waals surface area contributed by atoms with Crippen molar-refractivity contribution in [3.8, 4) is 17.2 Å².